The van der Waals surface area contributed by atoms with Crippen molar-refractivity contribution in [1.82, 2.24) is 15.1 Å². The Morgan fingerprint density at radius 2 is 1.02 bits per heavy atom. The van der Waals surface area contributed by atoms with Gasteiger partial charge in [0.25, 0.3) is 23.6 Å². The molecule has 0 atom stereocenters. The van der Waals surface area contributed by atoms with Crippen molar-refractivity contribution in [2.24, 2.45) is 0 Å². The normalized spacial score (nSPS) is 13.4. The molecule has 12 nitrogen and oxygen atoms in total. The van der Waals surface area contributed by atoms with Gasteiger partial charge in [-0.05, 0) is 49.4 Å². The number of amides is 4. The second-order valence-corrected chi connectivity index (χ2v) is 11.0. The number of hydrogen-bond acceptors (Lipinski definition) is 6. The molecule has 1 heterocycles. The van der Waals surface area contributed by atoms with Crippen molar-refractivity contribution in [2.45, 2.75) is 19.3 Å². The number of halogens is 6. The first-order valence-electron chi connectivity index (χ1n) is 14.4. The maximum atomic E-state index is 14.2. The van der Waals surface area contributed by atoms with E-state index >= 15 is 0 Å². The van der Waals surface area contributed by atoms with Crippen LogP contribution in [0.5, 0.6) is 0 Å². The van der Waals surface area contributed by atoms with Crippen LogP contribution in [0.3, 0.4) is 0 Å². The highest BCUT2D eigenvalue weighted by atomic mass is 19.4. The number of benzene rings is 3. The summed E-state index contributed by atoms with van der Waals surface area (Å²) in [6, 6.07) is 6.45. The van der Waals surface area contributed by atoms with E-state index in [-0.39, 0.29) is 31.7 Å². The monoisotopic (exact) mass is 708 g/mol. The molecule has 1 aliphatic rings. The van der Waals surface area contributed by atoms with E-state index < -0.39 is 98.1 Å². The molecule has 0 radical (unpaired) electrons. The summed E-state index contributed by atoms with van der Waals surface area (Å²) < 4.78 is 83.3. The number of aryl methyl sites for hydroxylation is 1. The molecule has 18 heteroatoms. The Balaban J connectivity index is 1.58. The van der Waals surface area contributed by atoms with Crippen LogP contribution in [-0.2, 0) is 12.4 Å². The van der Waals surface area contributed by atoms with E-state index in [9.17, 15) is 65.3 Å². The lowest BCUT2D eigenvalue weighted by atomic mass is 9.96. The maximum Gasteiger partial charge on any atom is 0.417 e. The van der Waals surface area contributed by atoms with E-state index in [4.69, 9.17) is 0 Å². The molecule has 1 aliphatic heterocycles. The number of hydrogen-bond donors (Lipinski definition) is 4. The third-order valence-electron chi connectivity index (χ3n) is 7.71. The Morgan fingerprint density at radius 1 is 0.600 bits per heavy atom. The van der Waals surface area contributed by atoms with E-state index in [1.165, 1.54) is 13.0 Å². The van der Waals surface area contributed by atoms with Gasteiger partial charge in [0.05, 0.1) is 44.5 Å². The lowest BCUT2D eigenvalue weighted by molar-refractivity contribution is -0.138. The lowest BCUT2D eigenvalue weighted by Gasteiger charge is -2.35. The zero-order chi connectivity index (χ0) is 37.3. The number of alkyl halides is 6. The number of carbonyl (C=O) groups excluding carboxylic acids is 4. The molecule has 4 rings (SSSR count). The Bertz CT molecular complexity index is 1920. The molecule has 0 spiro atoms. The first kappa shape index (κ1) is 36.9. The number of aromatic carboxylic acids is 2. The molecule has 0 unspecified atom stereocenters. The standard InChI is InChI=1S/C32H26F6N4O8/c1-15-3-5-17(23(11-15)31(33,34)35)27(45)41-7-9-42(10-8-41)28(46)18-6-4-16(12-24(18)32(36,37)38)40-26(44)20-14-21(29(47)48)19(25(43)39-2)13-22(20)30(49)50/h3-6,11-14H,7-10H2,1-2H3,(H,39,43)(H,40,44)(H,47,48)(H,49,50). The molecular formula is C32H26F6N4O8. The largest absolute Gasteiger partial charge is 0.478 e. The molecule has 3 aromatic carbocycles. The van der Waals surface area contributed by atoms with Crippen LogP contribution in [-0.4, -0.2) is 88.8 Å². The van der Waals surface area contributed by atoms with E-state index in [1.807, 2.05) is 5.32 Å². The Kier molecular flexibility index (Phi) is 10.2. The van der Waals surface area contributed by atoms with Crippen molar-refractivity contribution < 1.29 is 65.3 Å². The fourth-order valence-corrected chi connectivity index (χ4v) is 5.24. The highest BCUT2D eigenvalue weighted by molar-refractivity contribution is 6.15. The SMILES string of the molecule is CNC(=O)c1cc(C(=O)O)c(C(=O)Nc2ccc(C(=O)N3CCN(C(=O)c4ccc(C)cc4C(F)(F)F)CC3)c(C(F)(F)F)c2)cc1C(=O)O. The number of rotatable bonds is 7. The van der Waals surface area contributed by atoms with Gasteiger partial charge in [-0.2, -0.15) is 26.3 Å². The molecule has 264 valence electrons. The average Bonchev–Trinajstić information content (AvgIpc) is 3.05. The van der Waals surface area contributed by atoms with Crippen molar-refractivity contribution in [1.29, 1.82) is 0 Å². The Hall–Kier alpha value is -5.94. The molecule has 1 saturated heterocycles. The Labute approximate surface area is 278 Å². The van der Waals surface area contributed by atoms with Crippen molar-refractivity contribution >= 4 is 41.3 Å². The second kappa shape index (κ2) is 13.9. The summed E-state index contributed by atoms with van der Waals surface area (Å²) in [5.41, 5.74) is -7.40. The number of carbonyl (C=O) groups is 6. The summed E-state index contributed by atoms with van der Waals surface area (Å²) in [4.78, 5) is 77.0. The van der Waals surface area contributed by atoms with Gasteiger partial charge in [0.2, 0.25) is 0 Å². The molecule has 50 heavy (non-hydrogen) atoms. The summed E-state index contributed by atoms with van der Waals surface area (Å²) in [5, 5.41) is 23.3. The molecule has 1 fully saturated rings. The summed E-state index contributed by atoms with van der Waals surface area (Å²) in [6.45, 7) is 0.221. The zero-order valence-electron chi connectivity index (χ0n) is 26.0. The van der Waals surface area contributed by atoms with Gasteiger partial charge in [-0.15, -0.1) is 0 Å². The van der Waals surface area contributed by atoms with Crippen LogP contribution in [0.25, 0.3) is 0 Å². The molecule has 4 amide bonds. The predicted octanol–water partition coefficient (Wildman–Crippen LogP) is 4.64. The second-order valence-electron chi connectivity index (χ2n) is 11.0. The summed E-state index contributed by atoms with van der Waals surface area (Å²) in [7, 11) is 1.14. The fraction of sp³-hybridized carbons (Fsp3) is 0.250. The van der Waals surface area contributed by atoms with Crippen molar-refractivity contribution in [3.05, 3.63) is 98.6 Å². The number of carboxylic acids is 2. The average molecular weight is 709 g/mol. The number of nitrogens with one attached hydrogen (secondary N) is 2. The quantitative estimate of drug-likeness (QED) is 0.257. The lowest BCUT2D eigenvalue weighted by Crippen LogP contribution is -2.51. The molecule has 4 N–H and O–H groups in total. The van der Waals surface area contributed by atoms with E-state index in [0.29, 0.717) is 18.2 Å². The van der Waals surface area contributed by atoms with Crippen LogP contribution in [0.1, 0.15) is 78.8 Å². The van der Waals surface area contributed by atoms with Gasteiger partial charge < -0.3 is 30.6 Å². The van der Waals surface area contributed by atoms with E-state index in [0.717, 1.165) is 41.1 Å². The van der Waals surface area contributed by atoms with Crippen LogP contribution in [0.15, 0.2) is 48.5 Å². The molecule has 3 aromatic rings. The van der Waals surface area contributed by atoms with Gasteiger partial charge in [0, 0.05) is 38.9 Å². The van der Waals surface area contributed by atoms with Crippen LogP contribution < -0.4 is 10.6 Å². The van der Waals surface area contributed by atoms with E-state index in [1.54, 1.807) is 0 Å². The minimum atomic E-state index is -5.17. The summed E-state index contributed by atoms with van der Waals surface area (Å²) in [6.07, 6.45) is -9.99. The van der Waals surface area contributed by atoms with Gasteiger partial charge in [-0.25, -0.2) is 9.59 Å². The predicted molar refractivity (Wildman–Crippen MR) is 161 cm³/mol. The summed E-state index contributed by atoms with van der Waals surface area (Å²) >= 11 is 0. The third kappa shape index (κ3) is 7.68. The fourth-order valence-electron chi connectivity index (χ4n) is 5.24. The smallest absolute Gasteiger partial charge is 0.417 e. The van der Waals surface area contributed by atoms with Crippen molar-refractivity contribution in [3.63, 3.8) is 0 Å². The van der Waals surface area contributed by atoms with Gasteiger partial charge in [0.15, 0.2) is 0 Å². The minimum Gasteiger partial charge on any atom is -0.478 e. The first-order valence-corrected chi connectivity index (χ1v) is 14.4. The molecule has 0 saturated carbocycles. The van der Waals surface area contributed by atoms with Gasteiger partial charge in [0.1, 0.15) is 0 Å². The van der Waals surface area contributed by atoms with Gasteiger partial charge in [-0.3, -0.25) is 19.2 Å². The number of anilines is 1. The maximum absolute atomic E-state index is 14.2. The summed E-state index contributed by atoms with van der Waals surface area (Å²) in [5.74, 6) is -7.88. The van der Waals surface area contributed by atoms with Crippen LogP contribution in [0, 0.1) is 6.92 Å². The highest BCUT2D eigenvalue weighted by Crippen LogP contribution is 2.36. The zero-order valence-corrected chi connectivity index (χ0v) is 26.0. The first-order chi connectivity index (χ1) is 23.2. The topological polar surface area (TPSA) is 173 Å². The molecule has 0 aromatic heterocycles. The van der Waals surface area contributed by atoms with Gasteiger partial charge in [-0.1, -0.05) is 11.6 Å². The minimum absolute atomic E-state index is 0.268. The van der Waals surface area contributed by atoms with Gasteiger partial charge >= 0.3 is 24.3 Å². The number of nitrogens with zero attached hydrogens (tertiary/aromatic N) is 2. The number of piperazine rings is 1. The molecule has 0 bridgehead atoms. The molecular weight excluding hydrogens is 682 g/mol. The van der Waals surface area contributed by atoms with Crippen LogP contribution in [0.2, 0.25) is 0 Å². The number of carboxylic acid groups (broad SMARTS) is 2. The van der Waals surface area contributed by atoms with Crippen LogP contribution >= 0.6 is 0 Å². The Morgan fingerprint density at radius 3 is 1.44 bits per heavy atom. The van der Waals surface area contributed by atoms with E-state index in [2.05, 4.69) is 5.32 Å². The van der Waals surface area contributed by atoms with Crippen molar-refractivity contribution in [2.75, 3.05) is 38.5 Å². The highest BCUT2D eigenvalue weighted by Gasteiger charge is 2.39. The van der Waals surface area contributed by atoms with Crippen LogP contribution in [0.4, 0.5) is 32.0 Å². The van der Waals surface area contributed by atoms with Crippen molar-refractivity contribution in [3.8, 4) is 0 Å². The molecule has 0 aliphatic carbocycles. The third-order valence-corrected chi connectivity index (χ3v) is 7.71.